The minimum absolute atomic E-state index is 0.163. The number of hydrazine groups is 1. The minimum Gasteiger partial charge on any atom is -0.497 e. The maximum atomic E-state index is 5.93. The van der Waals surface area contributed by atoms with Crippen molar-refractivity contribution in [3.63, 3.8) is 0 Å². The zero-order chi connectivity index (χ0) is 18.0. The summed E-state index contributed by atoms with van der Waals surface area (Å²) in [5.41, 5.74) is 7.85. The summed E-state index contributed by atoms with van der Waals surface area (Å²) in [5, 5.41) is 6.67. The van der Waals surface area contributed by atoms with Crippen LogP contribution in [-0.4, -0.2) is 36.5 Å². The number of nitrogens with one attached hydrogen (secondary N) is 1. The Balaban J connectivity index is 1.36. The molecule has 0 amide bonds. The Morgan fingerprint density at radius 3 is 2.69 bits per heavy atom. The second-order valence-corrected chi connectivity index (χ2v) is 7.19. The lowest BCUT2D eigenvalue weighted by Gasteiger charge is -2.37. The van der Waals surface area contributed by atoms with E-state index in [0.29, 0.717) is 0 Å². The summed E-state index contributed by atoms with van der Waals surface area (Å²) in [7, 11) is 1.69. The predicted octanol–water partition coefficient (Wildman–Crippen LogP) is 3.99. The number of nitrogens with zero attached hydrogens (tertiary/aromatic N) is 2. The van der Waals surface area contributed by atoms with Gasteiger partial charge >= 0.3 is 0 Å². The van der Waals surface area contributed by atoms with E-state index in [-0.39, 0.29) is 5.60 Å². The molecule has 5 nitrogen and oxygen atoms in total. The Morgan fingerprint density at radius 2 is 1.92 bits per heavy atom. The quantitative estimate of drug-likeness (QED) is 0.905. The summed E-state index contributed by atoms with van der Waals surface area (Å²) < 4.78 is 5.32. The third-order valence-electron chi connectivity index (χ3n) is 5.22. The van der Waals surface area contributed by atoms with Crippen molar-refractivity contribution < 1.29 is 9.57 Å². The molecule has 1 N–H and O–H groups in total. The summed E-state index contributed by atoms with van der Waals surface area (Å²) in [5.74, 6) is 0.850. The average molecular weight is 351 g/mol. The lowest BCUT2D eigenvalue weighted by molar-refractivity contribution is -0.0579. The number of ether oxygens (including phenoxy) is 1. The molecule has 2 aliphatic heterocycles. The standard InChI is InChI=1S/C21H25N3O2/c1-16-5-3-7-18(13-16)22-24-11-9-21(10-12-24)15-20(23-26-21)17-6-4-8-19(14-17)25-2/h3-8,13-14,22H,9-12,15H2,1-2H3. The highest BCUT2D eigenvalue weighted by atomic mass is 16.7. The van der Waals surface area contributed by atoms with Gasteiger partial charge in [0.25, 0.3) is 0 Å². The van der Waals surface area contributed by atoms with Gasteiger partial charge in [-0.2, -0.15) is 0 Å². The zero-order valence-electron chi connectivity index (χ0n) is 15.4. The van der Waals surface area contributed by atoms with Crippen molar-refractivity contribution in [2.75, 3.05) is 25.6 Å². The van der Waals surface area contributed by atoms with E-state index in [2.05, 4.69) is 52.8 Å². The largest absolute Gasteiger partial charge is 0.497 e. The summed E-state index contributed by atoms with van der Waals surface area (Å²) in [6, 6.07) is 16.5. The topological polar surface area (TPSA) is 46.1 Å². The summed E-state index contributed by atoms with van der Waals surface area (Å²) in [6.07, 6.45) is 2.78. The zero-order valence-corrected chi connectivity index (χ0v) is 15.4. The average Bonchev–Trinajstić information content (AvgIpc) is 3.08. The highest BCUT2D eigenvalue weighted by molar-refractivity contribution is 6.02. The summed E-state index contributed by atoms with van der Waals surface area (Å²) >= 11 is 0. The first-order valence-corrected chi connectivity index (χ1v) is 9.14. The maximum Gasteiger partial charge on any atom is 0.146 e. The summed E-state index contributed by atoms with van der Waals surface area (Å²) in [6.45, 7) is 3.99. The molecule has 1 fully saturated rings. The first-order chi connectivity index (χ1) is 12.7. The number of aryl methyl sites for hydroxylation is 1. The van der Waals surface area contributed by atoms with Crippen LogP contribution in [0.15, 0.2) is 53.7 Å². The number of methoxy groups -OCH3 is 1. The maximum absolute atomic E-state index is 5.93. The molecule has 4 rings (SSSR count). The van der Waals surface area contributed by atoms with Gasteiger partial charge in [0.05, 0.1) is 12.8 Å². The molecule has 2 heterocycles. The Kier molecular flexibility index (Phi) is 4.55. The van der Waals surface area contributed by atoms with Crippen LogP contribution in [0.5, 0.6) is 5.75 Å². The third-order valence-corrected chi connectivity index (χ3v) is 5.22. The van der Waals surface area contributed by atoms with Crippen LogP contribution < -0.4 is 10.2 Å². The van der Waals surface area contributed by atoms with E-state index in [1.165, 1.54) is 5.56 Å². The van der Waals surface area contributed by atoms with Crippen molar-refractivity contribution in [3.05, 3.63) is 59.7 Å². The van der Waals surface area contributed by atoms with Crippen molar-refractivity contribution in [3.8, 4) is 5.75 Å². The number of benzene rings is 2. The van der Waals surface area contributed by atoms with Gasteiger partial charge in [-0.3, -0.25) is 0 Å². The van der Waals surface area contributed by atoms with Crippen LogP contribution in [0.25, 0.3) is 0 Å². The van der Waals surface area contributed by atoms with Crippen LogP contribution in [0.1, 0.15) is 30.4 Å². The van der Waals surface area contributed by atoms with E-state index in [9.17, 15) is 0 Å². The van der Waals surface area contributed by atoms with Gasteiger partial charge in [-0.05, 0) is 36.8 Å². The lowest BCUT2D eigenvalue weighted by atomic mass is 9.86. The van der Waals surface area contributed by atoms with Gasteiger partial charge in [-0.15, -0.1) is 0 Å². The van der Waals surface area contributed by atoms with Crippen LogP contribution in [0, 0.1) is 6.92 Å². The molecule has 1 spiro atoms. The van der Waals surface area contributed by atoms with Crippen molar-refractivity contribution in [2.24, 2.45) is 5.16 Å². The van der Waals surface area contributed by atoms with Gasteiger partial charge in [0.2, 0.25) is 0 Å². The van der Waals surface area contributed by atoms with Gasteiger partial charge in [0, 0.05) is 43.6 Å². The molecule has 0 aliphatic carbocycles. The number of rotatable bonds is 4. The normalized spacial score (nSPS) is 19.1. The molecule has 2 aromatic carbocycles. The van der Waals surface area contributed by atoms with Crippen LogP contribution in [0.2, 0.25) is 0 Å². The fourth-order valence-electron chi connectivity index (χ4n) is 3.67. The van der Waals surface area contributed by atoms with E-state index in [0.717, 1.165) is 55.1 Å². The molecule has 26 heavy (non-hydrogen) atoms. The first-order valence-electron chi connectivity index (χ1n) is 9.14. The van der Waals surface area contributed by atoms with E-state index in [1.54, 1.807) is 7.11 Å². The smallest absolute Gasteiger partial charge is 0.146 e. The molecule has 0 radical (unpaired) electrons. The van der Waals surface area contributed by atoms with Crippen molar-refractivity contribution in [2.45, 2.75) is 31.8 Å². The van der Waals surface area contributed by atoms with Gasteiger partial charge < -0.3 is 15.0 Å². The van der Waals surface area contributed by atoms with Crippen LogP contribution >= 0.6 is 0 Å². The molecule has 2 aliphatic rings. The number of oxime groups is 1. The molecule has 1 saturated heterocycles. The second-order valence-electron chi connectivity index (χ2n) is 7.19. The van der Waals surface area contributed by atoms with E-state index in [4.69, 9.17) is 9.57 Å². The fourth-order valence-corrected chi connectivity index (χ4v) is 3.67. The van der Waals surface area contributed by atoms with Crippen LogP contribution in [0.4, 0.5) is 5.69 Å². The first kappa shape index (κ1) is 16.9. The van der Waals surface area contributed by atoms with E-state index >= 15 is 0 Å². The number of hydrogen-bond donors (Lipinski definition) is 1. The van der Waals surface area contributed by atoms with Crippen molar-refractivity contribution in [1.29, 1.82) is 0 Å². The molecule has 0 saturated carbocycles. The molecular formula is C21H25N3O2. The van der Waals surface area contributed by atoms with Gasteiger partial charge in [-0.1, -0.05) is 29.4 Å². The Bertz CT molecular complexity index is 810. The SMILES string of the molecule is COc1cccc(C2=NOC3(CCN(Nc4cccc(C)c4)CC3)C2)c1. The van der Waals surface area contributed by atoms with Crippen molar-refractivity contribution in [1.82, 2.24) is 5.01 Å². The van der Waals surface area contributed by atoms with Crippen LogP contribution in [0.3, 0.4) is 0 Å². The fraction of sp³-hybridized carbons (Fsp3) is 0.381. The minimum atomic E-state index is -0.163. The molecule has 0 bridgehead atoms. The molecule has 0 aromatic heterocycles. The molecule has 136 valence electrons. The molecule has 2 aromatic rings. The molecule has 0 atom stereocenters. The van der Waals surface area contributed by atoms with Crippen molar-refractivity contribution >= 4 is 11.4 Å². The Morgan fingerprint density at radius 1 is 1.12 bits per heavy atom. The number of hydrogen-bond acceptors (Lipinski definition) is 5. The Hall–Kier alpha value is -2.53. The highest BCUT2D eigenvalue weighted by Crippen LogP contribution is 2.36. The number of anilines is 1. The van der Waals surface area contributed by atoms with E-state index < -0.39 is 0 Å². The van der Waals surface area contributed by atoms with E-state index in [1.807, 2.05) is 18.2 Å². The van der Waals surface area contributed by atoms with Crippen LogP contribution in [-0.2, 0) is 4.84 Å². The Labute approximate surface area is 154 Å². The predicted molar refractivity (Wildman–Crippen MR) is 104 cm³/mol. The molecule has 0 unspecified atom stereocenters. The third kappa shape index (κ3) is 3.53. The van der Waals surface area contributed by atoms with Gasteiger partial charge in [-0.25, -0.2) is 5.01 Å². The lowest BCUT2D eigenvalue weighted by Crippen LogP contribution is -2.46. The summed E-state index contributed by atoms with van der Waals surface area (Å²) in [4.78, 5) is 5.93. The van der Waals surface area contributed by atoms with Gasteiger partial charge in [0.15, 0.2) is 0 Å². The monoisotopic (exact) mass is 351 g/mol. The highest BCUT2D eigenvalue weighted by Gasteiger charge is 2.42. The second kappa shape index (κ2) is 7.00. The van der Waals surface area contributed by atoms with Gasteiger partial charge in [0.1, 0.15) is 11.4 Å². The molecule has 5 heteroatoms. The number of piperidine rings is 1. The molecular weight excluding hydrogens is 326 g/mol.